The zero-order valence-electron chi connectivity index (χ0n) is 10.5. The van der Waals surface area contributed by atoms with Gasteiger partial charge in [0.25, 0.3) is 0 Å². The summed E-state index contributed by atoms with van der Waals surface area (Å²) >= 11 is 1.28. The Morgan fingerprint density at radius 1 is 1.28 bits per heavy atom. The molecule has 0 saturated carbocycles. The molecule has 0 atom stereocenters. The number of thiophene rings is 1. The molecule has 0 unspecified atom stereocenters. The predicted molar refractivity (Wildman–Crippen MR) is 72.7 cm³/mol. The molecule has 0 bridgehead atoms. The lowest BCUT2D eigenvalue weighted by Gasteiger charge is -2.08. The number of methoxy groups -OCH3 is 1. The predicted octanol–water partition coefficient (Wildman–Crippen LogP) is 3.74. The second-order valence-electron chi connectivity index (χ2n) is 4.13. The highest BCUT2D eigenvalue weighted by Gasteiger charge is 2.15. The Morgan fingerprint density at radius 3 is 2.56 bits per heavy atom. The Morgan fingerprint density at radius 2 is 2.00 bits per heavy atom. The zero-order chi connectivity index (χ0) is 13.3. The number of hydrogen-bond acceptors (Lipinski definition) is 3. The minimum absolute atomic E-state index is 0.353. The van der Waals surface area contributed by atoms with E-state index >= 15 is 0 Å². The third-order valence-electron chi connectivity index (χ3n) is 2.73. The SMILES string of the molecule is COc1ccc(C)cc1-c1sc(C(=O)O)cc1C. The number of ether oxygens (including phenoxy) is 1. The molecule has 0 amide bonds. The summed E-state index contributed by atoms with van der Waals surface area (Å²) < 4.78 is 5.34. The van der Waals surface area contributed by atoms with Gasteiger partial charge in [0.15, 0.2) is 0 Å². The molecular formula is C14H14O3S. The normalized spacial score (nSPS) is 10.4. The number of aryl methyl sites for hydroxylation is 2. The third-order valence-corrected chi connectivity index (χ3v) is 3.99. The Balaban J connectivity index is 2.60. The number of aromatic carboxylic acids is 1. The van der Waals surface area contributed by atoms with E-state index in [9.17, 15) is 4.79 Å². The van der Waals surface area contributed by atoms with Crippen LogP contribution in [0.2, 0.25) is 0 Å². The van der Waals surface area contributed by atoms with Gasteiger partial charge in [-0.3, -0.25) is 0 Å². The Labute approximate surface area is 110 Å². The number of benzene rings is 1. The molecule has 3 nitrogen and oxygen atoms in total. The van der Waals surface area contributed by atoms with Gasteiger partial charge in [0.1, 0.15) is 10.6 Å². The molecule has 1 aromatic heterocycles. The van der Waals surface area contributed by atoms with E-state index in [-0.39, 0.29) is 0 Å². The van der Waals surface area contributed by atoms with Crippen LogP contribution in [0.25, 0.3) is 10.4 Å². The number of carboxylic acids is 1. The first-order valence-corrected chi connectivity index (χ1v) is 6.33. The van der Waals surface area contributed by atoms with Crippen LogP contribution in [-0.4, -0.2) is 18.2 Å². The van der Waals surface area contributed by atoms with Gasteiger partial charge in [-0.15, -0.1) is 11.3 Å². The molecule has 0 fully saturated rings. The van der Waals surface area contributed by atoms with Crippen LogP contribution in [0, 0.1) is 13.8 Å². The summed E-state index contributed by atoms with van der Waals surface area (Å²) in [6, 6.07) is 7.60. The fraction of sp³-hybridized carbons (Fsp3) is 0.214. The minimum atomic E-state index is -0.888. The van der Waals surface area contributed by atoms with Crippen LogP contribution in [-0.2, 0) is 0 Å². The Hall–Kier alpha value is -1.81. The smallest absolute Gasteiger partial charge is 0.345 e. The standard InChI is InChI=1S/C14H14O3S/c1-8-4-5-11(17-3)10(6-8)13-9(2)7-12(18-13)14(15)16/h4-7H,1-3H3,(H,15,16). The van der Waals surface area contributed by atoms with E-state index in [1.54, 1.807) is 13.2 Å². The second-order valence-corrected chi connectivity index (χ2v) is 5.18. The minimum Gasteiger partial charge on any atom is -0.496 e. The maximum absolute atomic E-state index is 11.0. The third kappa shape index (κ3) is 2.24. The van der Waals surface area contributed by atoms with E-state index in [1.165, 1.54) is 11.3 Å². The van der Waals surface area contributed by atoms with Gasteiger partial charge in [0, 0.05) is 10.4 Å². The van der Waals surface area contributed by atoms with Gasteiger partial charge in [-0.05, 0) is 37.6 Å². The fourth-order valence-corrected chi connectivity index (χ4v) is 2.89. The first kappa shape index (κ1) is 12.6. The van der Waals surface area contributed by atoms with Crippen molar-refractivity contribution in [2.45, 2.75) is 13.8 Å². The summed E-state index contributed by atoms with van der Waals surface area (Å²) in [6.45, 7) is 3.92. The van der Waals surface area contributed by atoms with Gasteiger partial charge in [-0.25, -0.2) is 4.79 Å². The summed E-state index contributed by atoms with van der Waals surface area (Å²) in [5, 5.41) is 9.03. The van der Waals surface area contributed by atoms with E-state index in [2.05, 4.69) is 0 Å². The lowest BCUT2D eigenvalue weighted by molar-refractivity contribution is 0.0702. The molecular weight excluding hydrogens is 248 g/mol. The summed E-state index contributed by atoms with van der Waals surface area (Å²) in [7, 11) is 1.62. The molecule has 1 aromatic carbocycles. The highest BCUT2D eigenvalue weighted by atomic mass is 32.1. The topological polar surface area (TPSA) is 46.5 Å². The maximum atomic E-state index is 11.0. The summed E-state index contributed by atoms with van der Waals surface area (Å²) in [5.74, 6) is -0.122. The van der Waals surface area contributed by atoms with Gasteiger partial charge in [-0.1, -0.05) is 11.6 Å². The van der Waals surface area contributed by atoms with E-state index < -0.39 is 5.97 Å². The van der Waals surface area contributed by atoms with Crippen molar-refractivity contribution >= 4 is 17.3 Å². The lowest BCUT2D eigenvalue weighted by atomic mass is 10.1. The van der Waals surface area contributed by atoms with Crippen molar-refractivity contribution in [3.8, 4) is 16.2 Å². The van der Waals surface area contributed by atoms with Gasteiger partial charge in [0.05, 0.1) is 7.11 Å². The largest absolute Gasteiger partial charge is 0.496 e. The number of carboxylic acid groups (broad SMARTS) is 1. The summed E-state index contributed by atoms with van der Waals surface area (Å²) in [6.07, 6.45) is 0. The second kappa shape index (κ2) is 4.82. The number of carbonyl (C=O) groups is 1. The molecule has 1 N–H and O–H groups in total. The molecule has 0 aliphatic carbocycles. The maximum Gasteiger partial charge on any atom is 0.345 e. The molecule has 18 heavy (non-hydrogen) atoms. The quantitative estimate of drug-likeness (QED) is 0.916. The van der Waals surface area contributed by atoms with Crippen LogP contribution in [0.15, 0.2) is 24.3 Å². The molecule has 1 heterocycles. The van der Waals surface area contributed by atoms with Crippen molar-refractivity contribution in [3.05, 3.63) is 40.3 Å². The highest BCUT2D eigenvalue weighted by Crippen LogP contribution is 2.38. The van der Waals surface area contributed by atoms with E-state index in [4.69, 9.17) is 9.84 Å². The number of hydrogen-bond donors (Lipinski definition) is 1. The summed E-state index contributed by atoms with van der Waals surface area (Å²) in [4.78, 5) is 12.3. The Bertz CT molecular complexity index is 599. The van der Waals surface area contributed by atoms with Crippen LogP contribution in [0.3, 0.4) is 0 Å². The van der Waals surface area contributed by atoms with Crippen LogP contribution in [0.4, 0.5) is 0 Å². The molecule has 0 aliphatic heterocycles. The zero-order valence-corrected chi connectivity index (χ0v) is 11.3. The molecule has 2 rings (SSSR count). The fourth-order valence-electron chi connectivity index (χ4n) is 1.85. The van der Waals surface area contributed by atoms with Gasteiger partial charge < -0.3 is 9.84 Å². The molecule has 0 saturated heterocycles. The number of rotatable bonds is 3. The molecule has 2 aromatic rings. The van der Waals surface area contributed by atoms with Gasteiger partial charge in [-0.2, -0.15) is 0 Å². The first-order chi connectivity index (χ1) is 8.52. The average molecular weight is 262 g/mol. The average Bonchev–Trinajstić information content (AvgIpc) is 2.71. The summed E-state index contributed by atoms with van der Waals surface area (Å²) in [5.41, 5.74) is 3.03. The lowest BCUT2D eigenvalue weighted by Crippen LogP contribution is -1.89. The van der Waals surface area contributed by atoms with Crippen molar-refractivity contribution < 1.29 is 14.6 Å². The van der Waals surface area contributed by atoms with E-state index in [1.807, 2.05) is 32.0 Å². The van der Waals surface area contributed by atoms with Crippen LogP contribution in [0.5, 0.6) is 5.75 Å². The molecule has 94 valence electrons. The van der Waals surface area contributed by atoms with Crippen LogP contribution >= 0.6 is 11.3 Å². The first-order valence-electron chi connectivity index (χ1n) is 5.51. The highest BCUT2D eigenvalue weighted by molar-refractivity contribution is 7.17. The van der Waals surface area contributed by atoms with Crippen molar-refractivity contribution in [2.24, 2.45) is 0 Å². The molecule has 4 heteroatoms. The van der Waals surface area contributed by atoms with Crippen molar-refractivity contribution in [1.82, 2.24) is 0 Å². The molecule has 0 radical (unpaired) electrons. The van der Waals surface area contributed by atoms with Crippen molar-refractivity contribution in [1.29, 1.82) is 0 Å². The van der Waals surface area contributed by atoms with Crippen LogP contribution < -0.4 is 4.74 Å². The molecule has 0 spiro atoms. The van der Waals surface area contributed by atoms with E-state index in [0.29, 0.717) is 4.88 Å². The van der Waals surface area contributed by atoms with Crippen molar-refractivity contribution in [2.75, 3.05) is 7.11 Å². The van der Waals surface area contributed by atoms with Crippen LogP contribution in [0.1, 0.15) is 20.8 Å². The van der Waals surface area contributed by atoms with Gasteiger partial charge in [0.2, 0.25) is 0 Å². The monoisotopic (exact) mass is 262 g/mol. The molecule has 0 aliphatic rings. The van der Waals surface area contributed by atoms with E-state index in [0.717, 1.165) is 27.3 Å². The Kier molecular flexibility index (Phi) is 3.39. The van der Waals surface area contributed by atoms with Gasteiger partial charge >= 0.3 is 5.97 Å². The van der Waals surface area contributed by atoms with Crippen molar-refractivity contribution in [3.63, 3.8) is 0 Å².